The molecule has 3 aromatic rings. The SMILES string of the molecule is Cc1cc(Cn2c(=S)[nH]c3cccc(Cl)c32)no1. The van der Waals surface area contributed by atoms with Crippen LogP contribution < -0.4 is 0 Å². The van der Waals surface area contributed by atoms with E-state index in [1.807, 2.05) is 35.8 Å². The molecule has 0 aliphatic carbocycles. The highest BCUT2D eigenvalue weighted by atomic mass is 35.5. The van der Waals surface area contributed by atoms with E-state index in [0.29, 0.717) is 16.3 Å². The van der Waals surface area contributed by atoms with Crippen molar-refractivity contribution >= 4 is 34.9 Å². The Bertz CT molecular complexity index is 771. The first-order valence-corrected chi connectivity index (χ1v) is 6.23. The van der Waals surface area contributed by atoms with Gasteiger partial charge < -0.3 is 14.1 Å². The van der Waals surface area contributed by atoms with Gasteiger partial charge in [-0.3, -0.25) is 0 Å². The summed E-state index contributed by atoms with van der Waals surface area (Å²) < 4.78 is 7.60. The fourth-order valence-electron chi connectivity index (χ4n) is 1.98. The number of benzene rings is 1. The zero-order valence-corrected chi connectivity index (χ0v) is 11.2. The fourth-order valence-corrected chi connectivity index (χ4v) is 2.52. The summed E-state index contributed by atoms with van der Waals surface area (Å²) in [5.74, 6) is 0.780. The Morgan fingerprint density at radius 1 is 1.50 bits per heavy atom. The molecule has 0 amide bonds. The molecule has 2 aromatic heterocycles. The van der Waals surface area contributed by atoms with E-state index in [1.54, 1.807) is 0 Å². The maximum atomic E-state index is 6.22. The lowest BCUT2D eigenvalue weighted by Gasteiger charge is -2.02. The standard InChI is InChI=1S/C12H10ClN3OS/c1-7-5-8(15-17-7)6-16-11-9(13)3-2-4-10(11)14-12(16)18/h2-5H,6H2,1H3,(H,14,18). The smallest absolute Gasteiger partial charge is 0.178 e. The van der Waals surface area contributed by atoms with Gasteiger partial charge >= 0.3 is 0 Å². The molecule has 0 saturated heterocycles. The van der Waals surface area contributed by atoms with E-state index >= 15 is 0 Å². The van der Waals surface area contributed by atoms with Gasteiger partial charge in [0.1, 0.15) is 11.5 Å². The molecule has 0 spiro atoms. The molecule has 3 rings (SSSR count). The van der Waals surface area contributed by atoms with E-state index < -0.39 is 0 Å². The second kappa shape index (κ2) is 4.26. The van der Waals surface area contributed by atoms with Crippen LogP contribution in [0.5, 0.6) is 0 Å². The number of para-hydroxylation sites is 1. The van der Waals surface area contributed by atoms with Crippen LogP contribution in [-0.2, 0) is 6.54 Å². The van der Waals surface area contributed by atoms with E-state index in [0.717, 1.165) is 22.5 Å². The van der Waals surface area contributed by atoms with Gasteiger partial charge in [0.15, 0.2) is 4.77 Å². The molecule has 0 saturated carbocycles. The molecule has 4 nitrogen and oxygen atoms in total. The van der Waals surface area contributed by atoms with E-state index in [-0.39, 0.29) is 0 Å². The summed E-state index contributed by atoms with van der Waals surface area (Å²) in [6, 6.07) is 7.57. The number of nitrogens with one attached hydrogen (secondary N) is 1. The van der Waals surface area contributed by atoms with Crippen molar-refractivity contribution in [1.29, 1.82) is 0 Å². The first kappa shape index (κ1) is 11.5. The van der Waals surface area contributed by atoms with Crippen molar-refractivity contribution < 1.29 is 4.52 Å². The molecule has 92 valence electrons. The second-order valence-corrected chi connectivity index (χ2v) is 4.88. The summed E-state index contributed by atoms with van der Waals surface area (Å²) in [5.41, 5.74) is 2.64. The first-order valence-electron chi connectivity index (χ1n) is 5.44. The van der Waals surface area contributed by atoms with Crippen molar-refractivity contribution in [1.82, 2.24) is 14.7 Å². The van der Waals surface area contributed by atoms with Crippen molar-refractivity contribution in [2.75, 3.05) is 0 Å². The van der Waals surface area contributed by atoms with Gasteiger partial charge in [-0.15, -0.1) is 0 Å². The number of fused-ring (bicyclic) bond motifs is 1. The summed E-state index contributed by atoms with van der Waals surface area (Å²) in [5, 5.41) is 4.64. The highest BCUT2D eigenvalue weighted by Gasteiger charge is 2.10. The normalized spacial score (nSPS) is 11.2. The third-order valence-electron chi connectivity index (χ3n) is 2.74. The fraction of sp³-hybridized carbons (Fsp3) is 0.167. The zero-order valence-electron chi connectivity index (χ0n) is 9.61. The highest BCUT2D eigenvalue weighted by Crippen LogP contribution is 2.24. The summed E-state index contributed by atoms with van der Waals surface area (Å²) in [4.78, 5) is 3.13. The van der Waals surface area contributed by atoms with Crippen LogP contribution in [0.4, 0.5) is 0 Å². The number of hydrogen-bond acceptors (Lipinski definition) is 3. The highest BCUT2D eigenvalue weighted by molar-refractivity contribution is 7.71. The molecule has 0 bridgehead atoms. The quantitative estimate of drug-likeness (QED) is 0.728. The largest absolute Gasteiger partial charge is 0.361 e. The zero-order chi connectivity index (χ0) is 12.7. The van der Waals surface area contributed by atoms with Crippen LogP contribution in [0.3, 0.4) is 0 Å². The first-order chi connectivity index (χ1) is 8.65. The van der Waals surface area contributed by atoms with Gasteiger partial charge in [0.05, 0.1) is 22.6 Å². The molecule has 0 unspecified atom stereocenters. The minimum atomic E-state index is 0.542. The number of rotatable bonds is 2. The third kappa shape index (κ3) is 1.85. The van der Waals surface area contributed by atoms with Crippen LogP contribution in [0, 0.1) is 11.7 Å². The lowest BCUT2D eigenvalue weighted by molar-refractivity contribution is 0.389. The Hall–Kier alpha value is -1.59. The van der Waals surface area contributed by atoms with Crippen LogP contribution in [0.15, 0.2) is 28.8 Å². The number of aromatic amines is 1. The molecule has 0 fully saturated rings. The molecule has 0 atom stereocenters. The van der Waals surface area contributed by atoms with Crippen molar-refractivity contribution in [3.05, 3.63) is 45.5 Å². The lowest BCUT2D eigenvalue weighted by Crippen LogP contribution is -2.00. The van der Waals surface area contributed by atoms with Gasteiger partial charge in [0.25, 0.3) is 0 Å². The van der Waals surface area contributed by atoms with E-state index in [4.69, 9.17) is 28.3 Å². The monoisotopic (exact) mass is 279 g/mol. The van der Waals surface area contributed by atoms with Crippen LogP contribution in [0.25, 0.3) is 11.0 Å². The molecule has 1 aromatic carbocycles. The van der Waals surface area contributed by atoms with Gasteiger partial charge in [0, 0.05) is 6.07 Å². The minimum absolute atomic E-state index is 0.542. The Morgan fingerprint density at radius 3 is 3.06 bits per heavy atom. The van der Waals surface area contributed by atoms with E-state index in [2.05, 4.69) is 10.1 Å². The van der Waals surface area contributed by atoms with E-state index in [9.17, 15) is 0 Å². The Morgan fingerprint density at radius 2 is 2.33 bits per heavy atom. The predicted octanol–water partition coefficient (Wildman–Crippen LogP) is 3.70. The Kier molecular flexibility index (Phi) is 2.72. The number of hydrogen-bond donors (Lipinski definition) is 1. The van der Waals surface area contributed by atoms with Crippen LogP contribution in [-0.4, -0.2) is 14.7 Å². The van der Waals surface area contributed by atoms with Gasteiger partial charge in [-0.2, -0.15) is 0 Å². The number of aromatic nitrogens is 3. The minimum Gasteiger partial charge on any atom is -0.361 e. The number of H-pyrrole nitrogens is 1. The van der Waals surface area contributed by atoms with Crippen LogP contribution in [0.1, 0.15) is 11.5 Å². The molecule has 0 aliphatic rings. The van der Waals surface area contributed by atoms with Crippen LogP contribution >= 0.6 is 23.8 Å². The average Bonchev–Trinajstić information content (AvgIpc) is 2.85. The van der Waals surface area contributed by atoms with Gasteiger partial charge in [0.2, 0.25) is 0 Å². The van der Waals surface area contributed by atoms with Gasteiger partial charge in [-0.1, -0.05) is 22.8 Å². The predicted molar refractivity (Wildman–Crippen MR) is 72.5 cm³/mol. The molecular weight excluding hydrogens is 270 g/mol. The molecule has 1 N–H and O–H groups in total. The molecule has 6 heteroatoms. The number of nitrogens with zero attached hydrogens (tertiary/aromatic N) is 2. The maximum absolute atomic E-state index is 6.22. The summed E-state index contributed by atoms with van der Waals surface area (Å²) in [6.45, 7) is 2.40. The maximum Gasteiger partial charge on any atom is 0.178 e. The molecule has 0 aliphatic heterocycles. The molecule has 0 radical (unpaired) electrons. The number of halogens is 1. The summed E-state index contributed by atoms with van der Waals surface area (Å²) >= 11 is 11.5. The Balaban J connectivity index is 2.16. The van der Waals surface area contributed by atoms with Crippen molar-refractivity contribution in [3.63, 3.8) is 0 Å². The van der Waals surface area contributed by atoms with Crippen molar-refractivity contribution in [2.24, 2.45) is 0 Å². The van der Waals surface area contributed by atoms with Crippen molar-refractivity contribution in [2.45, 2.75) is 13.5 Å². The van der Waals surface area contributed by atoms with Gasteiger partial charge in [-0.25, -0.2) is 0 Å². The number of imidazole rings is 1. The van der Waals surface area contributed by atoms with Crippen molar-refractivity contribution in [3.8, 4) is 0 Å². The number of aryl methyl sites for hydroxylation is 1. The lowest BCUT2D eigenvalue weighted by atomic mass is 10.3. The topological polar surface area (TPSA) is 46.8 Å². The third-order valence-corrected chi connectivity index (χ3v) is 3.37. The van der Waals surface area contributed by atoms with E-state index in [1.165, 1.54) is 0 Å². The van der Waals surface area contributed by atoms with Gasteiger partial charge in [-0.05, 0) is 31.3 Å². The molecular formula is C12H10ClN3OS. The van der Waals surface area contributed by atoms with Crippen LogP contribution in [0.2, 0.25) is 5.02 Å². The molecule has 2 heterocycles. The Labute approximate surface area is 113 Å². The second-order valence-electron chi connectivity index (χ2n) is 4.08. The summed E-state index contributed by atoms with van der Waals surface area (Å²) in [6.07, 6.45) is 0. The molecule has 18 heavy (non-hydrogen) atoms. The summed E-state index contributed by atoms with van der Waals surface area (Å²) in [7, 11) is 0. The average molecular weight is 280 g/mol.